The van der Waals surface area contributed by atoms with E-state index in [2.05, 4.69) is 15.3 Å². The van der Waals surface area contributed by atoms with Gasteiger partial charge in [0.25, 0.3) is 0 Å². The van der Waals surface area contributed by atoms with Gasteiger partial charge in [0.15, 0.2) is 0 Å². The van der Waals surface area contributed by atoms with Crippen LogP contribution in [0.5, 0.6) is 5.75 Å². The van der Waals surface area contributed by atoms with E-state index in [-0.39, 0.29) is 5.91 Å². The number of aliphatic hydroxyl groups excluding tert-OH is 1. The highest BCUT2D eigenvalue weighted by Crippen LogP contribution is 2.20. The van der Waals surface area contributed by atoms with E-state index in [9.17, 15) is 9.90 Å². The number of likely N-dealkylation sites (N-methyl/N-ethyl adjacent to an activating group) is 1. The lowest BCUT2D eigenvalue weighted by Gasteiger charge is -2.32. The molecule has 1 aliphatic heterocycles. The van der Waals surface area contributed by atoms with E-state index < -0.39 is 6.10 Å². The second-order valence-electron chi connectivity index (χ2n) is 6.17. The minimum Gasteiger partial charge on any atom is -0.497 e. The third-order valence-electron chi connectivity index (χ3n) is 4.39. The quantitative estimate of drug-likeness (QED) is 0.794. The Kier molecular flexibility index (Phi) is 5.52. The Morgan fingerprint density at radius 3 is 2.92 bits per heavy atom. The van der Waals surface area contributed by atoms with Gasteiger partial charge in [-0.2, -0.15) is 0 Å². The highest BCUT2D eigenvalue weighted by Gasteiger charge is 2.22. The van der Waals surface area contributed by atoms with Gasteiger partial charge in [-0.1, -0.05) is 12.1 Å². The van der Waals surface area contributed by atoms with Gasteiger partial charge in [0.1, 0.15) is 23.7 Å². The molecule has 0 aliphatic carbocycles. The molecule has 1 amide bonds. The number of ether oxygens (including phenoxy) is 1. The molecule has 1 aromatic carbocycles. The largest absolute Gasteiger partial charge is 0.497 e. The first kappa shape index (κ1) is 17.9. The summed E-state index contributed by atoms with van der Waals surface area (Å²) in [6.45, 7) is 2.00. The number of piperazine rings is 1. The minimum atomic E-state index is -0.700. The number of benzene rings is 1. The molecule has 1 aliphatic rings. The average Bonchev–Trinajstić information content (AvgIpc) is 2.68. The third kappa shape index (κ3) is 4.20. The van der Waals surface area contributed by atoms with Crippen LogP contribution in [0, 0.1) is 0 Å². The van der Waals surface area contributed by atoms with Crippen molar-refractivity contribution in [3.05, 3.63) is 42.2 Å². The van der Waals surface area contributed by atoms with Gasteiger partial charge in [-0.05, 0) is 17.7 Å². The Hall–Kier alpha value is -2.87. The number of aromatic nitrogens is 2. The van der Waals surface area contributed by atoms with Gasteiger partial charge in [-0.25, -0.2) is 9.97 Å². The van der Waals surface area contributed by atoms with E-state index in [0.717, 1.165) is 12.1 Å². The van der Waals surface area contributed by atoms with Crippen LogP contribution >= 0.6 is 0 Å². The van der Waals surface area contributed by atoms with E-state index in [1.807, 2.05) is 23.1 Å². The number of anilines is 2. The van der Waals surface area contributed by atoms with Crippen LogP contribution in [-0.4, -0.2) is 66.2 Å². The highest BCUT2D eigenvalue weighted by molar-refractivity contribution is 5.82. The number of carbonyl (C=O) groups excluding carboxylic acids is 1. The van der Waals surface area contributed by atoms with E-state index in [1.165, 1.54) is 6.33 Å². The Labute approximate surface area is 152 Å². The van der Waals surface area contributed by atoms with Gasteiger partial charge in [0.05, 0.1) is 19.8 Å². The Morgan fingerprint density at radius 1 is 1.31 bits per heavy atom. The van der Waals surface area contributed by atoms with Gasteiger partial charge in [-0.3, -0.25) is 4.79 Å². The van der Waals surface area contributed by atoms with Crippen molar-refractivity contribution in [2.24, 2.45) is 0 Å². The first-order valence-corrected chi connectivity index (χ1v) is 8.43. The smallest absolute Gasteiger partial charge is 0.241 e. The average molecular weight is 357 g/mol. The molecule has 3 rings (SSSR count). The molecule has 2 heterocycles. The standard InChI is InChI=1S/C18H23N5O3/c1-22-6-7-23(11-18(22)25)17-9-16(20-12-21-17)19-10-15(24)13-4-3-5-14(8-13)26-2/h3-5,8-9,12,15,24H,6-7,10-11H2,1-2H3,(H,19,20,21). The molecule has 1 saturated heterocycles. The van der Waals surface area contributed by atoms with Crippen LogP contribution in [0.1, 0.15) is 11.7 Å². The molecule has 1 aromatic heterocycles. The predicted molar refractivity (Wildman–Crippen MR) is 98.3 cm³/mol. The first-order valence-electron chi connectivity index (χ1n) is 8.43. The van der Waals surface area contributed by atoms with Crippen LogP contribution in [0.2, 0.25) is 0 Å². The molecule has 2 N–H and O–H groups in total. The number of aliphatic hydroxyl groups is 1. The van der Waals surface area contributed by atoms with Crippen molar-refractivity contribution >= 4 is 17.5 Å². The third-order valence-corrected chi connectivity index (χ3v) is 4.39. The maximum Gasteiger partial charge on any atom is 0.241 e. The van der Waals surface area contributed by atoms with Gasteiger partial charge < -0.3 is 25.0 Å². The van der Waals surface area contributed by atoms with Crippen molar-refractivity contribution in [3.8, 4) is 5.75 Å². The molecular weight excluding hydrogens is 334 g/mol. The monoisotopic (exact) mass is 357 g/mol. The zero-order valence-corrected chi connectivity index (χ0v) is 14.9. The Morgan fingerprint density at radius 2 is 2.15 bits per heavy atom. The SMILES string of the molecule is COc1cccc(C(O)CNc2cc(N3CCN(C)C(=O)C3)ncn2)c1. The number of rotatable bonds is 6. The summed E-state index contributed by atoms with van der Waals surface area (Å²) in [7, 11) is 3.39. The van der Waals surface area contributed by atoms with Gasteiger partial charge in [0, 0.05) is 32.7 Å². The molecular formula is C18H23N5O3. The fourth-order valence-corrected chi connectivity index (χ4v) is 2.74. The molecule has 8 nitrogen and oxygen atoms in total. The van der Waals surface area contributed by atoms with Gasteiger partial charge in [-0.15, -0.1) is 0 Å². The first-order chi connectivity index (χ1) is 12.6. The van der Waals surface area contributed by atoms with Crippen LogP contribution < -0.4 is 15.0 Å². The van der Waals surface area contributed by atoms with E-state index >= 15 is 0 Å². The number of methoxy groups -OCH3 is 1. The second-order valence-corrected chi connectivity index (χ2v) is 6.17. The van der Waals surface area contributed by atoms with Crippen LogP contribution in [0.25, 0.3) is 0 Å². The minimum absolute atomic E-state index is 0.0674. The summed E-state index contributed by atoms with van der Waals surface area (Å²) in [6.07, 6.45) is 0.756. The zero-order chi connectivity index (χ0) is 18.5. The van der Waals surface area contributed by atoms with Crippen LogP contribution in [0.4, 0.5) is 11.6 Å². The lowest BCUT2D eigenvalue weighted by atomic mass is 10.1. The Balaban J connectivity index is 1.62. The zero-order valence-electron chi connectivity index (χ0n) is 14.9. The molecule has 1 fully saturated rings. The van der Waals surface area contributed by atoms with E-state index in [1.54, 1.807) is 31.2 Å². The topological polar surface area (TPSA) is 90.8 Å². The number of carbonyl (C=O) groups is 1. The van der Waals surface area contributed by atoms with Gasteiger partial charge in [0.2, 0.25) is 5.91 Å². The normalized spacial score (nSPS) is 15.7. The summed E-state index contributed by atoms with van der Waals surface area (Å²) < 4.78 is 5.18. The molecule has 2 aromatic rings. The lowest BCUT2D eigenvalue weighted by Crippen LogP contribution is -2.48. The molecule has 0 spiro atoms. The Bertz CT molecular complexity index is 770. The van der Waals surface area contributed by atoms with Crippen LogP contribution in [0.3, 0.4) is 0 Å². The summed E-state index contributed by atoms with van der Waals surface area (Å²) in [5.41, 5.74) is 0.760. The van der Waals surface area contributed by atoms with Crippen molar-refractivity contribution < 1.29 is 14.6 Å². The molecule has 1 atom stereocenters. The maximum absolute atomic E-state index is 11.9. The number of hydrogen-bond acceptors (Lipinski definition) is 7. The molecule has 8 heteroatoms. The molecule has 1 unspecified atom stereocenters. The molecule has 0 saturated carbocycles. The van der Waals surface area contributed by atoms with Crippen molar-refractivity contribution in [3.63, 3.8) is 0 Å². The number of hydrogen-bond donors (Lipinski definition) is 2. The molecule has 0 bridgehead atoms. The van der Waals surface area contributed by atoms with Crippen molar-refractivity contribution in [1.82, 2.24) is 14.9 Å². The summed E-state index contributed by atoms with van der Waals surface area (Å²) in [6, 6.07) is 9.10. The highest BCUT2D eigenvalue weighted by atomic mass is 16.5. The molecule has 138 valence electrons. The number of amides is 1. The fraction of sp³-hybridized carbons (Fsp3) is 0.389. The summed E-state index contributed by atoms with van der Waals surface area (Å²) >= 11 is 0. The van der Waals surface area contributed by atoms with Crippen molar-refractivity contribution in [2.75, 3.05) is 50.6 Å². The summed E-state index contributed by atoms with van der Waals surface area (Å²) in [5.74, 6) is 2.06. The van der Waals surface area contributed by atoms with Crippen LogP contribution in [-0.2, 0) is 4.79 Å². The lowest BCUT2D eigenvalue weighted by molar-refractivity contribution is -0.129. The maximum atomic E-state index is 11.9. The van der Waals surface area contributed by atoms with E-state index in [0.29, 0.717) is 37.0 Å². The predicted octanol–water partition coefficient (Wildman–Crippen LogP) is 0.909. The van der Waals surface area contributed by atoms with Crippen molar-refractivity contribution in [2.45, 2.75) is 6.10 Å². The number of nitrogens with one attached hydrogen (secondary N) is 1. The summed E-state index contributed by atoms with van der Waals surface area (Å²) in [4.78, 5) is 23.9. The van der Waals surface area contributed by atoms with Crippen molar-refractivity contribution in [1.29, 1.82) is 0 Å². The fourth-order valence-electron chi connectivity index (χ4n) is 2.74. The van der Waals surface area contributed by atoms with Crippen LogP contribution in [0.15, 0.2) is 36.7 Å². The number of nitrogens with zero attached hydrogens (tertiary/aromatic N) is 4. The van der Waals surface area contributed by atoms with Gasteiger partial charge >= 0.3 is 0 Å². The molecule has 26 heavy (non-hydrogen) atoms. The second kappa shape index (κ2) is 8.01. The summed E-state index contributed by atoms with van der Waals surface area (Å²) in [5, 5.41) is 13.5. The molecule has 0 radical (unpaired) electrons. The van der Waals surface area contributed by atoms with E-state index in [4.69, 9.17) is 4.74 Å².